The summed E-state index contributed by atoms with van der Waals surface area (Å²) < 4.78 is 32.6. The first kappa shape index (κ1) is 15.2. The van der Waals surface area contributed by atoms with Crippen molar-refractivity contribution in [2.75, 3.05) is 20.0 Å². The number of hydrogen-bond donors (Lipinski definition) is 0. The molecule has 0 N–H and O–H groups in total. The van der Waals surface area contributed by atoms with Gasteiger partial charge in [0.25, 0.3) is 0 Å². The summed E-state index contributed by atoms with van der Waals surface area (Å²) in [6.07, 6.45) is 2.70. The summed E-state index contributed by atoms with van der Waals surface area (Å²) in [6.45, 7) is 1.77. The molecule has 0 saturated heterocycles. The van der Waals surface area contributed by atoms with Crippen LogP contribution in [0.15, 0.2) is 40.8 Å². The van der Waals surface area contributed by atoms with Gasteiger partial charge in [0.05, 0.1) is 12.0 Å². The van der Waals surface area contributed by atoms with Crippen LogP contribution in [0.5, 0.6) is 5.75 Å². The fourth-order valence-corrected chi connectivity index (χ4v) is 1.96. The molecule has 0 aliphatic rings. The number of esters is 1. The van der Waals surface area contributed by atoms with Gasteiger partial charge in [0.1, 0.15) is 12.4 Å². The lowest BCUT2D eigenvalue weighted by atomic mass is 10.3. The largest absolute Gasteiger partial charge is 0.489 e. The maximum atomic E-state index is 11.4. The van der Waals surface area contributed by atoms with E-state index in [1.54, 1.807) is 25.1 Å². The van der Waals surface area contributed by atoms with E-state index in [9.17, 15) is 13.2 Å². The van der Waals surface area contributed by atoms with Crippen LogP contribution in [0.25, 0.3) is 0 Å². The van der Waals surface area contributed by atoms with E-state index < -0.39 is 15.8 Å². The lowest BCUT2D eigenvalue weighted by Gasteiger charge is -2.05. The maximum Gasteiger partial charge on any atom is 0.333 e. The van der Waals surface area contributed by atoms with Gasteiger partial charge >= 0.3 is 5.97 Å². The van der Waals surface area contributed by atoms with Crippen LogP contribution < -0.4 is 4.74 Å². The second-order valence-electron chi connectivity index (χ2n) is 3.94. The fourth-order valence-electron chi connectivity index (χ4n) is 1.30. The van der Waals surface area contributed by atoms with Crippen molar-refractivity contribution in [2.45, 2.75) is 11.8 Å². The van der Waals surface area contributed by atoms with E-state index in [1.165, 1.54) is 19.2 Å². The molecule has 0 aliphatic carbocycles. The normalized spacial score (nSPS) is 12.1. The molecular formula is C13H16O5S. The minimum atomic E-state index is -3.25. The van der Waals surface area contributed by atoms with Crippen molar-refractivity contribution < 1.29 is 22.7 Å². The first-order chi connectivity index (χ1) is 8.84. The number of carbonyl (C=O) groups excluding carboxylic acids is 1. The summed E-state index contributed by atoms with van der Waals surface area (Å²) in [7, 11) is -1.95. The van der Waals surface area contributed by atoms with E-state index in [0.717, 1.165) is 6.26 Å². The van der Waals surface area contributed by atoms with Crippen LogP contribution in [0.4, 0.5) is 0 Å². The molecule has 0 unspecified atom stereocenters. The quantitative estimate of drug-likeness (QED) is 0.606. The van der Waals surface area contributed by atoms with Gasteiger partial charge in [-0.25, -0.2) is 13.2 Å². The van der Waals surface area contributed by atoms with Gasteiger partial charge in [0, 0.05) is 11.8 Å². The van der Waals surface area contributed by atoms with Crippen molar-refractivity contribution in [1.29, 1.82) is 0 Å². The molecule has 0 aromatic heterocycles. The van der Waals surface area contributed by atoms with Crippen LogP contribution in [0, 0.1) is 0 Å². The Labute approximate surface area is 112 Å². The highest BCUT2D eigenvalue weighted by Gasteiger charge is 2.07. The van der Waals surface area contributed by atoms with Crippen LogP contribution in [0.3, 0.4) is 0 Å². The standard InChI is InChI=1S/C13H16O5S/c1-10(13(14)17-2)7-8-18-11-5-4-6-12(9-11)19(3,15)16/h4-7,9H,8H2,1-3H3. The molecule has 1 aromatic carbocycles. The van der Waals surface area contributed by atoms with E-state index in [4.69, 9.17) is 4.74 Å². The zero-order chi connectivity index (χ0) is 14.5. The topological polar surface area (TPSA) is 69.7 Å². The molecule has 0 saturated carbocycles. The van der Waals surface area contributed by atoms with E-state index in [0.29, 0.717) is 11.3 Å². The molecule has 104 valence electrons. The number of methoxy groups -OCH3 is 1. The highest BCUT2D eigenvalue weighted by Crippen LogP contribution is 2.17. The van der Waals surface area contributed by atoms with Crippen LogP contribution in [0.1, 0.15) is 6.92 Å². The Hall–Kier alpha value is -1.82. The minimum Gasteiger partial charge on any atom is -0.489 e. The fraction of sp³-hybridized carbons (Fsp3) is 0.308. The highest BCUT2D eigenvalue weighted by atomic mass is 32.2. The van der Waals surface area contributed by atoms with Crippen LogP contribution in [-0.4, -0.2) is 34.4 Å². The van der Waals surface area contributed by atoms with Gasteiger partial charge in [0.15, 0.2) is 9.84 Å². The van der Waals surface area contributed by atoms with Crippen molar-refractivity contribution in [3.63, 3.8) is 0 Å². The van der Waals surface area contributed by atoms with Gasteiger partial charge < -0.3 is 9.47 Å². The Morgan fingerprint density at radius 2 is 2.05 bits per heavy atom. The first-order valence-electron chi connectivity index (χ1n) is 5.52. The molecule has 0 amide bonds. The Kier molecular flexibility index (Phi) is 5.11. The van der Waals surface area contributed by atoms with Gasteiger partial charge in [0.2, 0.25) is 0 Å². The second kappa shape index (κ2) is 6.38. The second-order valence-corrected chi connectivity index (χ2v) is 5.95. The number of benzene rings is 1. The summed E-state index contributed by atoms with van der Waals surface area (Å²) in [5, 5.41) is 0. The third-order valence-electron chi connectivity index (χ3n) is 2.38. The molecule has 0 atom stereocenters. The molecule has 19 heavy (non-hydrogen) atoms. The lowest BCUT2D eigenvalue weighted by molar-refractivity contribution is -0.136. The average Bonchev–Trinajstić information content (AvgIpc) is 2.37. The van der Waals surface area contributed by atoms with Gasteiger partial charge in [-0.15, -0.1) is 0 Å². The van der Waals surface area contributed by atoms with Crippen molar-refractivity contribution in [3.8, 4) is 5.75 Å². The van der Waals surface area contributed by atoms with Gasteiger partial charge in [-0.1, -0.05) is 6.07 Å². The van der Waals surface area contributed by atoms with Crippen molar-refractivity contribution in [1.82, 2.24) is 0 Å². The van der Waals surface area contributed by atoms with Crippen LogP contribution >= 0.6 is 0 Å². The molecule has 0 aliphatic heterocycles. The minimum absolute atomic E-state index is 0.161. The molecular weight excluding hydrogens is 268 g/mol. The number of rotatable bonds is 5. The first-order valence-corrected chi connectivity index (χ1v) is 7.41. The van der Waals surface area contributed by atoms with Crippen molar-refractivity contribution in [3.05, 3.63) is 35.9 Å². The van der Waals surface area contributed by atoms with Crippen LogP contribution in [0.2, 0.25) is 0 Å². The molecule has 0 spiro atoms. The predicted octanol–water partition coefficient (Wildman–Crippen LogP) is 1.59. The molecule has 1 aromatic rings. The van der Waals surface area contributed by atoms with Crippen molar-refractivity contribution >= 4 is 15.8 Å². The third-order valence-corrected chi connectivity index (χ3v) is 3.49. The third kappa shape index (κ3) is 4.75. The van der Waals surface area contributed by atoms with E-state index >= 15 is 0 Å². The van der Waals surface area contributed by atoms with E-state index in [1.807, 2.05) is 0 Å². The maximum absolute atomic E-state index is 11.4. The summed E-state index contributed by atoms with van der Waals surface area (Å²) in [4.78, 5) is 11.3. The summed E-state index contributed by atoms with van der Waals surface area (Å²) in [6, 6.07) is 6.19. The smallest absolute Gasteiger partial charge is 0.333 e. The average molecular weight is 284 g/mol. The Morgan fingerprint density at radius 1 is 1.37 bits per heavy atom. The predicted molar refractivity (Wildman–Crippen MR) is 70.8 cm³/mol. The Morgan fingerprint density at radius 3 is 2.63 bits per heavy atom. The number of hydrogen-bond acceptors (Lipinski definition) is 5. The summed E-state index contributed by atoms with van der Waals surface area (Å²) in [5.74, 6) is 0.00493. The zero-order valence-electron chi connectivity index (χ0n) is 11.0. The molecule has 1 rings (SSSR count). The van der Waals surface area contributed by atoms with Gasteiger partial charge in [-0.05, 0) is 31.2 Å². The number of carbonyl (C=O) groups is 1. The molecule has 0 heterocycles. The van der Waals surface area contributed by atoms with E-state index in [-0.39, 0.29) is 11.5 Å². The SMILES string of the molecule is COC(=O)C(C)=CCOc1cccc(S(C)(=O)=O)c1. The number of ether oxygens (including phenoxy) is 2. The molecule has 0 fully saturated rings. The zero-order valence-corrected chi connectivity index (χ0v) is 11.9. The molecule has 5 nitrogen and oxygen atoms in total. The highest BCUT2D eigenvalue weighted by molar-refractivity contribution is 7.90. The van der Waals surface area contributed by atoms with Gasteiger partial charge in [-0.3, -0.25) is 0 Å². The van der Waals surface area contributed by atoms with Gasteiger partial charge in [-0.2, -0.15) is 0 Å². The number of sulfone groups is 1. The Bertz CT molecular complexity index is 587. The van der Waals surface area contributed by atoms with Crippen molar-refractivity contribution in [2.24, 2.45) is 0 Å². The summed E-state index contributed by atoms with van der Waals surface area (Å²) in [5.41, 5.74) is 0.432. The lowest BCUT2D eigenvalue weighted by Crippen LogP contribution is -2.04. The molecule has 6 heteroatoms. The Balaban J connectivity index is 2.72. The summed E-state index contributed by atoms with van der Waals surface area (Å²) >= 11 is 0. The van der Waals surface area contributed by atoms with E-state index in [2.05, 4.69) is 4.74 Å². The molecule has 0 bridgehead atoms. The van der Waals surface area contributed by atoms with Crippen LogP contribution in [-0.2, 0) is 19.4 Å². The monoisotopic (exact) mass is 284 g/mol. The molecule has 0 radical (unpaired) electrons.